The van der Waals surface area contributed by atoms with Crippen molar-refractivity contribution in [2.45, 2.75) is 51.1 Å². The number of hydrogen-bond donors (Lipinski definition) is 1. The highest BCUT2D eigenvalue weighted by Gasteiger charge is 2.29. The summed E-state index contributed by atoms with van der Waals surface area (Å²) >= 11 is 0. The van der Waals surface area contributed by atoms with Crippen LogP contribution < -0.4 is 5.32 Å². The van der Waals surface area contributed by atoms with E-state index < -0.39 is 0 Å². The largest absolute Gasteiger partial charge is 0.314 e. The first-order valence-electron chi connectivity index (χ1n) is 5.87. The third kappa shape index (κ3) is 2.23. The van der Waals surface area contributed by atoms with Gasteiger partial charge in [-0.2, -0.15) is 0 Å². The van der Waals surface area contributed by atoms with E-state index >= 15 is 0 Å². The van der Waals surface area contributed by atoms with Crippen molar-refractivity contribution in [2.24, 2.45) is 0 Å². The molecule has 0 bridgehead atoms. The molecule has 76 valence electrons. The Morgan fingerprint density at radius 1 is 1.23 bits per heavy atom. The van der Waals surface area contributed by atoms with Crippen LogP contribution in [-0.2, 0) is 0 Å². The maximum Gasteiger partial charge on any atom is 0.0111 e. The molecule has 1 heterocycles. The number of rotatable bonds is 3. The van der Waals surface area contributed by atoms with E-state index in [9.17, 15) is 0 Å². The van der Waals surface area contributed by atoms with Crippen LogP contribution in [0.4, 0.5) is 0 Å². The van der Waals surface area contributed by atoms with Crippen molar-refractivity contribution in [2.75, 3.05) is 19.6 Å². The lowest BCUT2D eigenvalue weighted by Crippen LogP contribution is -2.33. The number of likely N-dealkylation sites (tertiary alicyclic amines) is 1. The lowest BCUT2D eigenvalue weighted by Gasteiger charge is -2.23. The van der Waals surface area contributed by atoms with Gasteiger partial charge >= 0.3 is 0 Å². The topological polar surface area (TPSA) is 15.3 Å². The molecule has 0 aromatic carbocycles. The molecule has 1 N–H and O–H groups in total. The second-order valence-electron chi connectivity index (χ2n) is 4.46. The summed E-state index contributed by atoms with van der Waals surface area (Å²) < 4.78 is 0. The molecule has 1 saturated carbocycles. The first kappa shape index (κ1) is 9.47. The van der Waals surface area contributed by atoms with Gasteiger partial charge in [-0.1, -0.05) is 6.92 Å². The second kappa shape index (κ2) is 4.43. The van der Waals surface area contributed by atoms with Crippen LogP contribution in [0.2, 0.25) is 0 Å². The Morgan fingerprint density at radius 3 is 2.69 bits per heavy atom. The zero-order chi connectivity index (χ0) is 9.10. The maximum atomic E-state index is 3.57. The van der Waals surface area contributed by atoms with Crippen LogP contribution in [0.15, 0.2) is 0 Å². The van der Waals surface area contributed by atoms with Crippen LogP contribution in [0.1, 0.15) is 39.0 Å². The van der Waals surface area contributed by atoms with E-state index in [2.05, 4.69) is 17.1 Å². The fraction of sp³-hybridized carbons (Fsp3) is 1.00. The smallest absolute Gasteiger partial charge is 0.0111 e. The Morgan fingerprint density at radius 2 is 2.00 bits per heavy atom. The van der Waals surface area contributed by atoms with Gasteiger partial charge in [0.15, 0.2) is 0 Å². The summed E-state index contributed by atoms with van der Waals surface area (Å²) in [7, 11) is 0. The summed E-state index contributed by atoms with van der Waals surface area (Å²) in [6, 6.07) is 1.72. The summed E-state index contributed by atoms with van der Waals surface area (Å²) in [6.07, 6.45) is 7.09. The summed E-state index contributed by atoms with van der Waals surface area (Å²) in [5.41, 5.74) is 0. The molecule has 13 heavy (non-hydrogen) atoms. The first-order valence-corrected chi connectivity index (χ1v) is 5.87. The molecule has 1 saturated heterocycles. The van der Waals surface area contributed by atoms with Gasteiger partial charge in [0.25, 0.3) is 0 Å². The fourth-order valence-corrected chi connectivity index (χ4v) is 2.87. The molecule has 2 nitrogen and oxygen atoms in total. The molecule has 0 aromatic rings. The van der Waals surface area contributed by atoms with Crippen LogP contribution in [0, 0.1) is 0 Å². The Labute approximate surface area is 81.7 Å². The van der Waals surface area contributed by atoms with Crippen LogP contribution in [-0.4, -0.2) is 36.6 Å². The van der Waals surface area contributed by atoms with Gasteiger partial charge in [0.05, 0.1) is 0 Å². The molecule has 2 rings (SSSR count). The highest BCUT2D eigenvalue weighted by molar-refractivity contribution is 4.88. The molecule has 2 atom stereocenters. The quantitative estimate of drug-likeness (QED) is 0.713. The average molecular weight is 182 g/mol. The van der Waals surface area contributed by atoms with E-state index in [4.69, 9.17) is 0 Å². The Kier molecular flexibility index (Phi) is 3.23. The predicted molar refractivity (Wildman–Crippen MR) is 55.9 cm³/mol. The molecule has 1 aliphatic heterocycles. The van der Waals surface area contributed by atoms with Gasteiger partial charge in [-0.15, -0.1) is 0 Å². The van der Waals surface area contributed by atoms with Crippen molar-refractivity contribution in [1.29, 1.82) is 0 Å². The molecule has 0 radical (unpaired) electrons. The Hall–Kier alpha value is -0.0800. The SMILES string of the molecule is CCNC1CCC(N2CCCC2)C1. The molecule has 0 aromatic heterocycles. The van der Waals surface area contributed by atoms with E-state index in [0.29, 0.717) is 0 Å². The van der Waals surface area contributed by atoms with Gasteiger partial charge < -0.3 is 10.2 Å². The normalized spacial score (nSPS) is 35.8. The lowest BCUT2D eigenvalue weighted by atomic mass is 10.2. The van der Waals surface area contributed by atoms with Crippen molar-refractivity contribution >= 4 is 0 Å². The van der Waals surface area contributed by atoms with E-state index in [0.717, 1.165) is 18.6 Å². The van der Waals surface area contributed by atoms with Gasteiger partial charge in [0, 0.05) is 12.1 Å². The minimum atomic E-state index is 0.815. The fourth-order valence-electron chi connectivity index (χ4n) is 2.87. The predicted octanol–water partition coefficient (Wildman–Crippen LogP) is 1.61. The Bertz CT molecular complexity index is 152. The minimum absolute atomic E-state index is 0.815. The zero-order valence-corrected chi connectivity index (χ0v) is 8.76. The Balaban J connectivity index is 1.76. The van der Waals surface area contributed by atoms with Crippen molar-refractivity contribution in [3.63, 3.8) is 0 Å². The summed E-state index contributed by atoms with van der Waals surface area (Å²) in [4.78, 5) is 2.71. The molecule has 0 amide bonds. The van der Waals surface area contributed by atoms with E-state index in [1.54, 1.807) is 0 Å². The highest BCUT2D eigenvalue weighted by atomic mass is 15.2. The van der Waals surface area contributed by atoms with Gasteiger partial charge in [-0.25, -0.2) is 0 Å². The third-order valence-corrected chi connectivity index (χ3v) is 3.55. The number of nitrogens with one attached hydrogen (secondary N) is 1. The monoisotopic (exact) mass is 182 g/mol. The average Bonchev–Trinajstić information content (AvgIpc) is 2.70. The second-order valence-corrected chi connectivity index (χ2v) is 4.46. The van der Waals surface area contributed by atoms with Gasteiger partial charge in [0.1, 0.15) is 0 Å². The number of hydrogen-bond acceptors (Lipinski definition) is 2. The first-order chi connectivity index (χ1) is 6.40. The van der Waals surface area contributed by atoms with Gasteiger partial charge in [-0.3, -0.25) is 0 Å². The van der Waals surface area contributed by atoms with Crippen LogP contribution in [0.5, 0.6) is 0 Å². The lowest BCUT2D eigenvalue weighted by molar-refractivity contribution is 0.243. The molecular formula is C11H22N2. The molecule has 1 aliphatic carbocycles. The zero-order valence-electron chi connectivity index (χ0n) is 8.76. The summed E-state index contributed by atoms with van der Waals surface area (Å²) in [5.74, 6) is 0. The van der Waals surface area contributed by atoms with E-state index in [1.165, 1.54) is 45.2 Å². The molecule has 2 aliphatic rings. The van der Waals surface area contributed by atoms with Crippen LogP contribution >= 0.6 is 0 Å². The number of nitrogens with zero attached hydrogens (tertiary/aromatic N) is 1. The minimum Gasteiger partial charge on any atom is -0.314 e. The third-order valence-electron chi connectivity index (χ3n) is 3.55. The molecule has 2 heteroatoms. The van der Waals surface area contributed by atoms with Crippen LogP contribution in [0.25, 0.3) is 0 Å². The standard InChI is InChI=1S/C11H22N2/c1-2-12-10-5-6-11(9-10)13-7-3-4-8-13/h10-12H,2-9H2,1H3. The van der Waals surface area contributed by atoms with Crippen molar-refractivity contribution in [3.05, 3.63) is 0 Å². The van der Waals surface area contributed by atoms with Gasteiger partial charge in [-0.05, 0) is 51.7 Å². The van der Waals surface area contributed by atoms with Crippen molar-refractivity contribution in [1.82, 2.24) is 10.2 Å². The van der Waals surface area contributed by atoms with Gasteiger partial charge in [0.2, 0.25) is 0 Å². The van der Waals surface area contributed by atoms with Crippen molar-refractivity contribution in [3.8, 4) is 0 Å². The van der Waals surface area contributed by atoms with Crippen LogP contribution in [0.3, 0.4) is 0 Å². The van der Waals surface area contributed by atoms with E-state index in [-0.39, 0.29) is 0 Å². The maximum absolute atomic E-state index is 3.57. The molecule has 2 unspecified atom stereocenters. The molecule has 0 spiro atoms. The molecular weight excluding hydrogens is 160 g/mol. The summed E-state index contributed by atoms with van der Waals surface area (Å²) in [5, 5.41) is 3.57. The molecule has 2 fully saturated rings. The summed E-state index contributed by atoms with van der Waals surface area (Å²) in [6.45, 7) is 6.08. The van der Waals surface area contributed by atoms with Crippen molar-refractivity contribution < 1.29 is 0 Å². The van der Waals surface area contributed by atoms with E-state index in [1.807, 2.05) is 0 Å². The highest BCUT2D eigenvalue weighted by Crippen LogP contribution is 2.26.